The Kier molecular flexibility index (Phi) is 3.71. The summed E-state index contributed by atoms with van der Waals surface area (Å²) in [6, 6.07) is 5.07. The molecular weight excluding hydrogens is 371 g/mol. The molecule has 0 bridgehead atoms. The molecule has 0 amide bonds. The van der Waals surface area contributed by atoms with Crippen molar-refractivity contribution < 1.29 is 4.74 Å². The summed E-state index contributed by atoms with van der Waals surface area (Å²) >= 11 is 16.9. The fraction of sp³-hybridized carbons (Fsp3) is 0.0833. The molecule has 0 fully saturated rings. The number of imidazole rings is 1. The van der Waals surface area contributed by atoms with Crippen LogP contribution in [0.2, 0.25) is 10.0 Å². The highest BCUT2D eigenvalue weighted by atomic mass is 79.9. The first-order valence-corrected chi connectivity index (χ1v) is 8.07. The molecule has 0 aliphatic rings. The van der Waals surface area contributed by atoms with Gasteiger partial charge in [-0.3, -0.25) is 4.40 Å². The van der Waals surface area contributed by atoms with Crippen molar-refractivity contribution in [3.05, 3.63) is 45.5 Å². The SMILES string of the molecule is Clc1cc(Cl)cc(Oc2nc3sccn3c2CBr)c1. The van der Waals surface area contributed by atoms with Gasteiger partial charge < -0.3 is 4.74 Å². The van der Waals surface area contributed by atoms with Gasteiger partial charge in [0.1, 0.15) is 5.75 Å². The molecule has 0 N–H and O–H groups in total. The van der Waals surface area contributed by atoms with Crippen LogP contribution in [0.4, 0.5) is 0 Å². The van der Waals surface area contributed by atoms with E-state index < -0.39 is 0 Å². The van der Waals surface area contributed by atoms with E-state index in [4.69, 9.17) is 27.9 Å². The zero-order valence-corrected chi connectivity index (χ0v) is 13.4. The van der Waals surface area contributed by atoms with E-state index in [-0.39, 0.29) is 0 Å². The summed E-state index contributed by atoms with van der Waals surface area (Å²) in [6.45, 7) is 0. The lowest BCUT2D eigenvalue weighted by atomic mass is 10.3. The maximum absolute atomic E-state index is 5.95. The zero-order chi connectivity index (χ0) is 13.4. The lowest BCUT2D eigenvalue weighted by Gasteiger charge is -2.05. The Hall–Kier alpha value is -0.750. The fourth-order valence-corrected chi connectivity index (χ4v) is 3.46. The number of ether oxygens (including phenoxy) is 1. The van der Waals surface area contributed by atoms with Gasteiger partial charge in [0, 0.05) is 27.0 Å². The predicted octanol–water partition coefficient (Wildman–Crippen LogP) is 5.39. The first-order valence-electron chi connectivity index (χ1n) is 5.31. The molecule has 0 atom stereocenters. The van der Waals surface area contributed by atoms with Crippen LogP contribution in [-0.2, 0) is 5.33 Å². The number of fused-ring (bicyclic) bond motifs is 1. The van der Waals surface area contributed by atoms with E-state index in [1.165, 1.54) is 0 Å². The van der Waals surface area contributed by atoms with Crippen molar-refractivity contribution in [3.63, 3.8) is 0 Å². The number of halogens is 3. The molecule has 2 heterocycles. The van der Waals surface area contributed by atoms with Crippen molar-refractivity contribution in [1.29, 1.82) is 0 Å². The van der Waals surface area contributed by atoms with Gasteiger partial charge in [-0.25, -0.2) is 0 Å². The van der Waals surface area contributed by atoms with Crippen LogP contribution in [0, 0.1) is 0 Å². The molecule has 3 rings (SSSR count). The fourth-order valence-electron chi connectivity index (χ4n) is 1.72. The lowest BCUT2D eigenvalue weighted by molar-refractivity contribution is 0.462. The smallest absolute Gasteiger partial charge is 0.243 e. The van der Waals surface area contributed by atoms with Gasteiger partial charge in [-0.15, -0.1) is 11.3 Å². The molecule has 0 unspecified atom stereocenters. The Balaban J connectivity index is 2.02. The van der Waals surface area contributed by atoms with Gasteiger partial charge in [0.15, 0.2) is 4.96 Å². The second-order valence-corrected chi connectivity index (χ2v) is 6.07. The summed E-state index contributed by atoms with van der Waals surface area (Å²) in [5.41, 5.74) is 0.951. The van der Waals surface area contributed by atoms with Gasteiger partial charge in [0.2, 0.25) is 5.88 Å². The first kappa shape index (κ1) is 13.2. The number of aromatic nitrogens is 2. The third-order valence-electron chi connectivity index (χ3n) is 2.50. The Labute approximate surface area is 131 Å². The van der Waals surface area contributed by atoms with E-state index in [1.807, 2.05) is 16.0 Å². The van der Waals surface area contributed by atoms with Gasteiger partial charge in [0.05, 0.1) is 5.69 Å². The van der Waals surface area contributed by atoms with Crippen LogP contribution >= 0.6 is 50.5 Å². The van der Waals surface area contributed by atoms with Gasteiger partial charge in [-0.2, -0.15) is 4.98 Å². The Morgan fingerprint density at radius 3 is 2.68 bits per heavy atom. The van der Waals surface area contributed by atoms with E-state index in [0.29, 0.717) is 27.0 Å². The molecule has 0 spiro atoms. The van der Waals surface area contributed by atoms with Crippen molar-refractivity contribution in [1.82, 2.24) is 9.38 Å². The molecular formula is C12H7BrCl2N2OS. The van der Waals surface area contributed by atoms with Crippen LogP contribution in [0.1, 0.15) is 5.69 Å². The average Bonchev–Trinajstić information content (AvgIpc) is 2.87. The second kappa shape index (κ2) is 5.32. The number of benzene rings is 1. The van der Waals surface area contributed by atoms with Crippen molar-refractivity contribution in [2.24, 2.45) is 0 Å². The zero-order valence-electron chi connectivity index (χ0n) is 9.44. The van der Waals surface area contributed by atoms with Gasteiger partial charge in [0.25, 0.3) is 0 Å². The minimum Gasteiger partial charge on any atom is -0.437 e. The first-order chi connectivity index (χ1) is 9.17. The summed E-state index contributed by atoms with van der Waals surface area (Å²) in [5, 5.41) is 3.69. The molecule has 3 aromatic rings. The average molecular weight is 378 g/mol. The molecule has 7 heteroatoms. The van der Waals surface area contributed by atoms with E-state index in [2.05, 4.69) is 20.9 Å². The van der Waals surface area contributed by atoms with Gasteiger partial charge in [-0.1, -0.05) is 39.1 Å². The van der Waals surface area contributed by atoms with Gasteiger partial charge in [-0.05, 0) is 18.2 Å². The molecule has 0 radical (unpaired) electrons. The van der Waals surface area contributed by atoms with E-state index >= 15 is 0 Å². The van der Waals surface area contributed by atoms with E-state index in [9.17, 15) is 0 Å². The Bertz CT molecular complexity index is 720. The normalized spacial score (nSPS) is 11.1. The molecule has 98 valence electrons. The lowest BCUT2D eigenvalue weighted by Crippen LogP contribution is -1.91. The standard InChI is InChI=1S/C12H7BrCl2N2OS/c13-6-10-11(16-12-17(10)1-2-19-12)18-9-4-7(14)3-8(15)5-9/h1-5H,6H2. The van der Waals surface area contributed by atoms with Crippen LogP contribution in [0.3, 0.4) is 0 Å². The molecule has 0 saturated heterocycles. The van der Waals surface area contributed by atoms with Crippen molar-refractivity contribution in [2.45, 2.75) is 5.33 Å². The quantitative estimate of drug-likeness (QED) is 0.572. The topological polar surface area (TPSA) is 26.5 Å². The molecule has 3 nitrogen and oxygen atoms in total. The molecule has 1 aromatic carbocycles. The van der Waals surface area contributed by atoms with Gasteiger partial charge >= 0.3 is 0 Å². The highest BCUT2D eigenvalue weighted by Crippen LogP contribution is 2.32. The van der Waals surface area contributed by atoms with Crippen molar-refractivity contribution in [3.8, 4) is 11.6 Å². The Morgan fingerprint density at radius 2 is 2.00 bits per heavy atom. The van der Waals surface area contributed by atoms with Crippen LogP contribution in [0.5, 0.6) is 11.6 Å². The van der Waals surface area contributed by atoms with Crippen LogP contribution < -0.4 is 4.74 Å². The van der Waals surface area contributed by atoms with Crippen LogP contribution in [0.15, 0.2) is 29.8 Å². The summed E-state index contributed by atoms with van der Waals surface area (Å²) in [4.78, 5) is 5.33. The maximum atomic E-state index is 5.95. The molecule has 0 aliphatic carbocycles. The van der Waals surface area contributed by atoms with E-state index in [0.717, 1.165) is 10.7 Å². The summed E-state index contributed by atoms with van der Waals surface area (Å²) in [7, 11) is 0. The summed E-state index contributed by atoms with van der Waals surface area (Å²) in [6.07, 6.45) is 1.96. The molecule has 0 saturated carbocycles. The number of thiazole rings is 1. The number of hydrogen-bond donors (Lipinski definition) is 0. The monoisotopic (exact) mass is 376 g/mol. The minimum absolute atomic E-state index is 0.531. The summed E-state index contributed by atoms with van der Waals surface area (Å²) in [5.74, 6) is 1.13. The number of hydrogen-bond acceptors (Lipinski definition) is 3. The highest BCUT2D eigenvalue weighted by molar-refractivity contribution is 9.08. The number of nitrogens with zero attached hydrogens (tertiary/aromatic N) is 2. The molecule has 2 aromatic heterocycles. The highest BCUT2D eigenvalue weighted by Gasteiger charge is 2.14. The molecule has 19 heavy (non-hydrogen) atoms. The third-order valence-corrected chi connectivity index (χ3v) is 4.23. The van der Waals surface area contributed by atoms with Crippen LogP contribution in [0.25, 0.3) is 4.96 Å². The Morgan fingerprint density at radius 1 is 1.26 bits per heavy atom. The summed E-state index contributed by atoms with van der Waals surface area (Å²) < 4.78 is 7.77. The van der Waals surface area contributed by atoms with Crippen molar-refractivity contribution >= 4 is 55.4 Å². The van der Waals surface area contributed by atoms with Crippen LogP contribution in [-0.4, -0.2) is 9.38 Å². The number of alkyl halides is 1. The van der Waals surface area contributed by atoms with E-state index in [1.54, 1.807) is 29.5 Å². The predicted molar refractivity (Wildman–Crippen MR) is 82.2 cm³/mol. The second-order valence-electron chi connectivity index (χ2n) is 3.76. The maximum Gasteiger partial charge on any atom is 0.243 e. The molecule has 0 aliphatic heterocycles. The minimum atomic E-state index is 0.531. The third kappa shape index (κ3) is 2.60. The largest absolute Gasteiger partial charge is 0.437 e. The number of rotatable bonds is 3. The van der Waals surface area contributed by atoms with Crippen molar-refractivity contribution in [2.75, 3.05) is 0 Å².